The van der Waals surface area contributed by atoms with Gasteiger partial charge in [-0.1, -0.05) is 12.1 Å². The molecule has 2 bridgehead atoms. The van der Waals surface area contributed by atoms with Crippen LogP contribution in [0.15, 0.2) is 24.3 Å². The van der Waals surface area contributed by atoms with Crippen LogP contribution in [0.3, 0.4) is 0 Å². The third kappa shape index (κ3) is 1.45. The molecule has 3 fully saturated rings. The van der Waals surface area contributed by atoms with Gasteiger partial charge in [-0.05, 0) is 18.6 Å². The Kier molecular flexibility index (Phi) is 2.24. The lowest BCUT2D eigenvalue weighted by molar-refractivity contribution is -0.119. The molecule has 0 aliphatic carbocycles. The Morgan fingerprint density at radius 2 is 2.25 bits per heavy atom. The molecule has 0 aromatic heterocycles. The van der Waals surface area contributed by atoms with Gasteiger partial charge in [-0.25, -0.2) is 0 Å². The summed E-state index contributed by atoms with van der Waals surface area (Å²) in [5.41, 5.74) is 1.47. The Hall–Kier alpha value is -1.29. The number of hydrogen-bond acceptors (Lipinski definition) is 3. The topological polar surface area (TPSA) is 37.4 Å². The highest BCUT2D eigenvalue weighted by atomic mass is 32.2. The standard InChI is InChI=1S/C12H11NO2S/c14-7-8-2-1-3-9(4-8)13-6-10-5-11(16-10)12(13)15/h1-4,7,10-11H,5-6H2. The van der Waals surface area contributed by atoms with Crippen LogP contribution < -0.4 is 4.90 Å². The molecule has 1 aromatic rings. The molecule has 0 radical (unpaired) electrons. The fraction of sp³-hybridized carbons (Fsp3) is 0.333. The van der Waals surface area contributed by atoms with E-state index in [1.807, 2.05) is 17.0 Å². The van der Waals surface area contributed by atoms with Crippen molar-refractivity contribution in [2.24, 2.45) is 0 Å². The van der Waals surface area contributed by atoms with Gasteiger partial charge < -0.3 is 4.90 Å². The van der Waals surface area contributed by atoms with Gasteiger partial charge in [0.2, 0.25) is 5.91 Å². The van der Waals surface area contributed by atoms with Gasteiger partial charge in [-0.15, -0.1) is 11.8 Å². The molecule has 3 saturated heterocycles. The van der Waals surface area contributed by atoms with Crippen LogP contribution >= 0.6 is 11.8 Å². The normalized spacial score (nSPS) is 27.5. The van der Waals surface area contributed by atoms with E-state index in [0.29, 0.717) is 10.8 Å². The SMILES string of the molecule is O=Cc1cccc(N2CC3CC(S3)C2=O)c1. The molecule has 2 unspecified atom stereocenters. The number of aldehydes is 1. The van der Waals surface area contributed by atoms with Crippen molar-refractivity contribution in [3.63, 3.8) is 0 Å². The molecule has 82 valence electrons. The fourth-order valence-corrected chi connectivity index (χ4v) is 3.43. The Bertz CT molecular complexity index is 454. The van der Waals surface area contributed by atoms with E-state index in [-0.39, 0.29) is 11.2 Å². The fourth-order valence-electron chi connectivity index (χ4n) is 2.20. The summed E-state index contributed by atoms with van der Waals surface area (Å²) in [4.78, 5) is 24.5. The zero-order chi connectivity index (χ0) is 11.1. The first-order valence-electron chi connectivity index (χ1n) is 5.30. The van der Waals surface area contributed by atoms with Crippen molar-refractivity contribution < 1.29 is 9.59 Å². The maximum atomic E-state index is 12.0. The summed E-state index contributed by atoms with van der Waals surface area (Å²) in [7, 11) is 0. The second-order valence-electron chi connectivity index (χ2n) is 4.14. The first-order valence-corrected chi connectivity index (χ1v) is 6.24. The molecule has 0 spiro atoms. The zero-order valence-electron chi connectivity index (χ0n) is 8.63. The van der Waals surface area contributed by atoms with Crippen LogP contribution in [0.2, 0.25) is 0 Å². The number of thioether (sulfide) groups is 1. The van der Waals surface area contributed by atoms with Crippen LogP contribution in [0.1, 0.15) is 16.8 Å². The number of nitrogens with zero attached hydrogens (tertiary/aromatic N) is 1. The van der Waals surface area contributed by atoms with Crippen molar-refractivity contribution in [2.75, 3.05) is 11.4 Å². The number of fused-ring (bicyclic) bond motifs is 2. The summed E-state index contributed by atoms with van der Waals surface area (Å²) in [6.07, 6.45) is 1.83. The molecule has 0 saturated carbocycles. The van der Waals surface area contributed by atoms with E-state index in [4.69, 9.17) is 0 Å². The van der Waals surface area contributed by atoms with E-state index in [9.17, 15) is 9.59 Å². The molecule has 4 rings (SSSR count). The zero-order valence-corrected chi connectivity index (χ0v) is 9.44. The van der Waals surface area contributed by atoms with Crippen LogP contribution in [0.25, 0.3) is 0 Å². The minimum Gasteiger partial charge on any atom is -0.310 e. The van der Waals surface area contributed by atoms with E-state index in [1.54, 1.807) is 23.9 Å². The summed E-state index contributed by atoms with van der Waals surface area (Å²) < 4.78 is 0. The lowest BCUT2D eigenvalue weighted by Crippen LogP contribution is -2.55. The van der Waals surface area contributed by atoms with Crippen LogP contribution in [0.4, 0.5) is 5.69 Å². The largest absolute Gasteiger partial charge is 0.310 e. The molecule has 16 heavy (non-hydrogen) atoms. The third-order valence-electron chi connectivity index (χ3n) is 3.08. The number of rotatable bonds is 2. The molecule has 0 N–H and O–H groups in total. The average Bonchev–Trinajstić information content (AvgIpc) is 2.28. The smallest absolute Gasteiger partial charge is 0.240 e. The third-order valence-corrected chi connectivity index (χ3v) is 4.53. The minimum atomic E-state index is 0.152. The number of carbonyl (C=O) groups is 2. The number of benzene rings is 1. The molecule has 3 aliphatic heterocycles. The average molecular weight is 233 g/mol. The summed E-state index contributed by atoms with van der Waals surface area (Å²) >= 11 is 1.77. The van der Waals surface area contributed by atoms with Crippen molar-refractivity contribution in [1.29, 1.82) is 0 Å². The van der Waals surface area contributed by atoms with Gasteiger partial charge in [0.05, 0.1) is 5.25 Å². The van der Waals surface area contributed by atoms with Crippen molar-refractivity contribution in [3.05, 3.63) is 29.8 Å². The molecule has 3 aliphatic rings. The lowest BCUT2D eigenvalue weighted by atomic mass is 10.1. The van der Waals surface area contributed by atoms with Crippen molar-refractivity contribution in [1.82, 2.24) is 0 Å². The highest BCUT2D eigenvalue weighted by Crippen LogP contribution is 2.43. The quantitative estimate of drug-likeness (QED) is 0.730. The van der Waals surface area contributed by atoms with E-state index < -0.39 is 0 Å². The summed E-state index contributed by atoms with van der Waals surface area (Å²) in [6, 6.07) is 7.24. The van der Waals surface area contributed by atoms with Gasteiger partial charge in [0.15, 0.2) is 0 Å². The monoisotopic (exact) mass is 233 g/mol. The Balaban J connectivity index is 1.91. The van der Waals surface area contributed by atoms with Crippen molar-refractivity contribution in [3.8, 4) is 0 Å². The summed E-state index contributed by atoms with van der Waals surface area (Å²) in [5, 5.41) is 0.737. The summed E-state index contributed by atoms with van der Waals surface area (Å²) in [5.74, 6) is 0.190. The molecular formula is C12H11NO2S. The molecule has 3 heterocycles. The number of carbonyl (C=O) groups excluding carboxylic acids is 2. The van der Waals surface area contributed by atoms with Crippen molar-refractivity contribution >= 4 is 29.6 Å². The maximum absolute atomic E-state index is 12.0. The first-order chi connectivity index (χ1) is 7.78. The lowest BCUT2D eigenvalue weighted by Gasteiger charge is -2.45. The van der Waals surface area contributed by atoms with Gasteiger partial charge in [0, 0.05) is 23.0 Å². The molecular weight excluding hydrogens is 222 g/mol. The Morgan fingerprint density at radius 3 is 2.94 bits per heavy atom. The van der Waals surface area contributed by atoms with Crippen LogP contribution in [0.5, 0.6) is 0 Å². The number of piperidine rings is 1. The number of hydrogen-bond donors (Lipinski definition) is 0. The molecule has 2 atom stereocenters. The van der Waals surface area contributed by atoms with Gasteiger partial charge in [0.25, 0.3) is 0 Å². The Morgan fingerprint density at radius 1 is 1.44 bits per heavy atom. The molecule has 1 aromatic carbocycles. The van der Waals surface area contributed by atoms with Crippen LogP contribution in [-0.2, 0) is 4.79 Å². The van der Waals surface area contributed by atoms with E-state index >= 15 is 0 Å². The van der Waals surface area contributed by atoms with E-state index in [1.165, 1.54) is 0 Å². The summed E-state index contributed by atoms with van der Waals surface area (Å²) in [6.45, 7) is 0.780. The van der Waals surface area contributed by atoms with Gasteiger partial charge in [-0.2, -0.15) is 0 Å². The van der Waals surface area contributed by atoms with Crippen LogP contribution in [-0.4, -0.2) is 29.2 Å². The Labute approximate surface area is 97.8 Å². The number of anilines is 1. The van der Waals surface area contributed by atoms with Gasteiger partial charge in [-0.3, -0.25) is 9.59 Å². The predicted octanol–water partition coefficient (Wildman–Crippen LogP) is 1.72. The highest BCUT2D eigenvalue weighted by molar-refractivity contribution is 8.02. The van der Waals surface area contributed by atoms with Crippen LogP contribution in [0, 0.1) is 0 Å². The van der Waals surface area contributed by atoms with E-state index in [0.717, 1.165) is 24.9 Å². The molecule has 4 heteroatoms. The second-order valence-corrected chi connectivity index (χ2v) is 5.65. The highest BCUT2D eigenvalue weighted by Gasteiger charge is 2.44. The minimum absolute atomic E-state index is 0.152. The number of amides is 1. The molecule has 1 amide bonds. The van der Waals surface area contributed by atoms with Gasteiger partial charge in [0.1, 0.15) is 6.29 Å². The maximum Gasteiger partial charge on any atom is 0.240 e. The van der Waals surface area contributed by atoms with E-state index in [2.05, 4.69) is 0 Å². The molecule has 3 nitrogen and oxygen atoms in total. The van der Waals surface area contributed by atoms with Crippen molar-refractivity contribution in [2.45, 2.75) is 16.9 Å². The second kappa shape index (κ2) is 3.63. The first kappa shape index (κ1) is 9.90. The van der Waals surface area contributed by atoms with Gasteiger partial charge >= 0.3 is 0 Å². The predicted molar refractivity (Wildman–Crippen MR) is 64.0 cm³/mol.